The summed E-state index contributed by atoms with van der Waals surface area (Å²) in [5.74, 6) is 1.52. The van der Waals surface area contributed by atoms with Crippen LogP contribution in [0.3, 0.4) is 0 Å². The molecule has 1 aliphatic rings. The van der Waals surface area contributed by atoms with Crippen LogP contribution in [0.25, 0.3) is 0 Å². The molecule has 2 unspecified atom stereocenters. The molecule has 0 aromatic heterocycles. The van der Waals surface area contributed by atoms with Crippen LogP contribution in [0.15, 0.2) is 53.4 Å². The average molecular weight is 391 g/mol. The van der Waals surface area contributed by atoms with Crippen molar-refractivity contribution in [1.29, 1.82) is 0 Å². The van der Waals surface area contributed by atoms with Crippen molar-refractivity contribution in [3.63, 3.8) is 0 Å². The summed E-state index contributed by atoms with van der Waals surface area (Å²) >= 11 is 0. The second-order valence-corrected chi connectivity index (χ2v) is 8.06. The fourth-order valence-corrected chi connectivity index (χ4v) is 4.17. The molecule has 2 aromatic carbocycles. The lowest BCUT2D eigenvalue weighted by atomic mass is 9.95. The molecule has 0 bridgehead atoms. The third-order valence-electron chi connectivity index (χ3n) is 4.55. The minimum Gasteiger partial charge on any atom is -0.497 e. The molecule has 3 N–H and O–H groups in total. The maximum absolute atomic E-state index is 12.5. The lowest BCUT2D eigenvalue weighted by Crippen LogP contribution is -2.32. The van der Waals surface area contributed by atoms with E-state index in [4.69, 9.17) is 9.47 Å². The number of sulfonamides is 1. The van der Waals surface area contributed by atoms with E-state index in [0.29, 0.717) is 25.4 Å². The molecule has 1 fully saturated rings. The van der Waals surface area contributed by atoms with Gasteiger partial charge in [-0.25, -0.2) is 18.6 Å². The lowest BCUT2D eigenvalue weighted by molar-refractivity contribution is 0.340. The molecular weight excluding hydrogens is 366 g/mol. The monoisotopic (exact) mass is 391 g/mol. The van der Waals surface area contributed by atoms with Crippen LogP contribution in [0.2, 0.25) is 0 Å². The van der Waals surface area contributed by atoms with Gasteiger partial charge in [-0.3, -0.25) is 5.43 Å². The Balaban J connectivity index is 1.65. The molecule has 8 heteroatoms. The maximum Gasteiger partial charge on any atom is 0.240 e. The lowest BCUT2D eigenvalue weighted by Gasteiger charge is -2.19. The first-order chi connectivity index (χ1) is 13.0. The molecule has 0 radical (unpaired) electrons. The van der Waals surface area contributed by atoms with Crippen LogP contribution in [0.5, 0.6) is 11.5 Å². The number of nitrogens with one attached hydrogen (secondary N) is 3. The second kappa shape index (κ2) is 8.71. The first kappa shape index (κ1) is 19.6. The zero-order valence-corrected chi connectivity index (χ0v) is 16.3. The van der Waals surface area contributed by atoms with Gasteiger partial charge in [-0.05, 0) is 48.9 Å². The fourth-order valence-electron chi connectivity index (χ4n) is 3.07. The second-order valence-electron chi connectivity index (χ2n) is 6.29. The summed E-state index contributed by atoms with van der Waals surface area (Å²) in [5.41, 5.74) is 7.42. The first-order valence-corrected chi connectivity index (χ1v) is 10.4. The molecule has 0 amide bonds. The zero-order chi connectivity index (χ0) is 19.3. The minimum absolute atomic E-state index is 0.0132. The van der Waals surface area contributed by atoms with Crippen LogP contribution >= 0.6 is 0 Å². The Bertz CT molecular complexity index is 838. The van der Waals surface area contributed by atoms with E-state index in [9.17, 15) is 8.42 Å². The maximum atomic E-state index is 12.5. The quantitative estimate of drug-likeness (QED) is 0.636. The molecule has 146 valence electrons. The molecule has 0 spiro atoms. The summed E-state index contributed by atoms with van der Waals surface area (Å²) in [7, 11) is -2.03. The molecule has 2 atom stereocenters. The van der Waals surface area contributed by atoms with Gasteiger partial charge >= 0.3 is 0 Å². The highest BCUT2D eigenvalue weighted by Gasteiger charge is 2.29. The molecular formula is C19H25N3O4S. The SMILES string of the molecule is CCOc1ccc(C2NNCC2CNS(=O)(=O)c2ccc(OC)cc2)cc1. The molecule has 1 aliphatic heterocycles. The van der Waals surface area contributed by atoms with Crippen molar-refractivity contribution in [3.05, 3.63) is 54.1 Å². The molecule has 7 nitrogen and oxygen atoms in total. The highest BCUT2D eigenvalue weighted by Crippen LogP contribution is 2.26. The Hall–Kier alpha value is -2.13. The molecule has 0 aliphatic carbocycles. The number of rotatable bonds is 8. The number of hydrogen-bond donors (Lipinski definition) is 3. The number of hydrazine groups is 1. The number of ether oxygens (including phenoxy) is 2. The van der Waals surface area contributed by atoms with Crippen LogP contribution in [-0.2, 0) is 10.0 Å². The molecule has 27 heavy (non-hydrogen) atoms. The predicted molar refractivity (Wildman–Crippen MR) is 103 cm³/mol. The summed E-state index contributed by atoms with van der Waals surface area (Å²) in [6, 6.07) is 14.2. The van der Waals surface area contributed by atoms with Gasteiger partial charge in [0.15, 0.2) is 0 Å². The Kier molecular flexibility index (Phi) is 6.33. The van der Waals surface area contributed by atoms with Crippen LogP contribution in [-0.4, -0.2) is 35.2 Å². The van der Waals surface area contributed by atoms with E-state index in [1.807, 2.05) is 31.2 Å². The van der Waals surface area contributed by atoms with E-state index < -0.39 is 10.0 Å². The Labute approximate surface area is 160 Å². The van der Waals surface area contributed by atoms with Gasteiger partial charge in [0.1, 0.15) is 11.5 Å². The van der Waals surface area contributed by atoms with E-state index in [0.717, 1.165) is 11.3 Å². The highest BCUT2D eigenvalue weighted by molar-refractivity contribution is 7.89. The fraction of sp³-hybridized carbons (Fsp3) is 0.368. The van der Waals surface area contributed by atoms with Crippen molar-refractivity contribution in [2.24, 2.45) is 5.92 Å². The minimum atomic E-state index is -3.57. The summed E-state index contributed by atoms with van der Waals surface area (Å²) in [6.45, 7) is 3.56. The summed E-state index contributed by atoms with van der Waals surface area (Å²) < 4.78 is 38.3. The van der Waals surface area contributed by atoms with Crippen LogP contribution in [0.4, 0.5) is 0 Å². The van der Waals surface area contributed by atoms with E-state index in [1.54, 1.807) is 19.2 Å². The van der Waals surface area contributed by atoms with E-state index in [2.05, 4.69) is 15.6 Å². The van der Waals surface area contributed by atoms with Gasteiger partial charge < -0.3 is 9.47 Å². The van der Waals surface area contributed by atoms with Crippen molar-refractivity contribution in [3.8, 4) is 11.5 Å². The third kappa shape index (κ3) is 4.78. The van der Waals surface area contributed by atoms with Gasteiger partial charge in [-0.2, -0.15) is 0 Å². The normalized spacial score (nSPS) is 19.8. The topological polar surface area (TPSA) is 88.7 Å². The number of hydrogen-bond acceptors (Lipinski definition) is 6. The smallest absolute Gasteiger partial charge is 0.240 e. The first-order valence-electron chi connectivity index (χ1n) is 8.88. The Morgan fingerprint density at radius 2 is 1.74 bits per heavy atom. The highest BCUT2D eigenvalue weighted by atomic mass is 32.2. The van der Waals surface area contributed by atoms with E-state index >= 15 is 0 Å². The summed E-state index contributed by atoms with van der Waals surface area (Å²) in [6.07, 6.45) is 0. The summed E-state index contributed by atoms with van der Waals surface area (Å²) in [4.78, 5) is 0.222. The standard InChI is InChI=1S/C19H25N3O4S/c1-3-26-17-6-4-14(5-7-17)19-15(12-20-22-19)13-21-27(23,24)18-10-8-16(25-2)9-11-18/h4-11,15,19-22H,3,12-13H2,1-2H3. The van der Waals surface area contributed by atoms with Gasteiger partial charge in [0.25, 0.3) is 0 Å². The van der Waals surface area contributed by atoms with Gasteiger partial charge in [-0.1, -0.05) is 12.1 Å². The van der Waals surface area contributed by atoms with Gasteiger partial charge in [0, 0.05) is 19.0 Å². The van der Waals surface area contributed by atoms with Crippen molar-refractivity contribution < 1.29 is 17.9 Å². The van der Waals surface area contributed by atoms with Crippen LogP contribution in [0.1, 0.15) is 18.5 Å². The number of benzene rings is 2. The molecule has 3 rings (SSSR count). The van der Waals surface area contributed by atoms with Gasteiger partial charge in [0.2, 0.25) is 10.0 Å². The van der Waals surface area contributed by atoms with Crippen molar-refractivity contribution in [1.82, 2.24) is 15.6 Å². The number of methoxy groups -OCH3 is 1. The average Bonchev–Trinajstić information content (AvgIpc) is 3.16. The Morgan fingerprint density at radius 3 is 2.37 bits per heavy atom. The Morgan fingerprint density at radius 1 is 1.07 bits per heavy atom. The zero-order valence-electron chi connectivity index (χ0n) is 15.4. The largest absolute Gasteiger partial charge is 0.497 e. The van der Waals surface area contributed by atoms with Crippen molar-refractivity contribution in [2.75, 3.05) is 26.8 Å². The molecule has 1 saturated heterocycles. The van der Waals surface area contributed by atoms with Gasteiger partial charge in [-0.15, -0.1) is 0 Å². The van der Waals surface area contributed by atoms with Gasteiger partial charge in [0.05, 0.1) is 24.7 Å². The molecule has 0 saturated carbocycles. The van der Waals surface area contributed by atoms with E-state index in [-0.39, 0.29) is 16.9 Å². The van der Waals surface area contributed by atoms with Crippen LogP contribution < -0.4 is 25.0 Å². The van der Waals surface area contributed by atoms with Crippen molar-refractivity contribution >= 4 is 10.0 Å². The van der Waals surface area contributed by atoms with Crippen LogP contribution in [0, 0.1) is 5.92 Å². The van der Waals surface area contributed by atoms with Crippen molar-refractivity contribution in [2.45, 2.75) is 17.9 Å². The summed E-state index contributed by atoms with van der Waals surface area (Å²) in [5, 5.41) is 0. The molecule has 2 aromatic rings. The third-order valence-corrected chi connectivity index (χ3v) is 5.99. The van der Waals surface area contributed by atoms with E-state index in [1.165, 1.54) is 12.1 Å². The predicted octanol–water partition coefficient (Wildman–Crippen LogP) is 1.84. The molecule has 1 heterocycles.